The van der Waals surface area contributed by atoms with Crippen molar-refractivity contribution in [2.75, 3.05) is 40.8 Å². The molecule has 5 rings (SSSR count). The molecule has 0 aliphatic carbocycles. The minimum Gasteiger partial charge on any atom is -0.471 e. The molecule has 0 saturated carbocycles. The number of rotatable bonds is 8. The number of hydrogen-bond acceptors (Lipinski definition) is 10. The van der Waals surface area contributed by atoms with Crippen molar-refractivity contribution in [3.05, 3.63) is 82.9 Å². The van der Waals surface area contributed by atoms with Crippen LogP contribution in [0.4, 0.5) is 0 Å². The van der Waals surface area contributed by atoms with Crippen LogP contribution in [0.25, 0.3) is 22.6 Å². The van der Waals surface area contributed by atoms with Crippen LogP contribution in [0.1, 0.15) is 32.9 Å². The molecule has 1 saturated heterocycles. The molecular weight excluding hydrogens is 538 g/mol. The molecule has 4 aromatic rings. The molecule has 1 aromatic carbocycles. The number of carbonyl (C=O) groups is 2. The minimum absolute atomic E-state index is 0.0676. The maximum Gasteiger partial charge on any atom is 0.255 e. The lowest BCUT2D eigenvalue weighted by atomic mass is 10.0. The van der Waals surface area contributed by atoms with Gasteiger partial charge in [0.1, 0.15) is 31.1 Å². The lowest BCUT2D eigenvalue weighted by Crippen LogP contribution is -2.50. The Hall–Kier alpha value is -4.97. The third kappa shape index (κ3) is 6.18. The van der Waals surface area contributed by atoms with Gasteiger partial charge in [-0.3, -0.25) is 19.6 Å². The summed E-state index contributed by atoms with van der Waals surface area (Å²) in [7, 11) is 4.98. The molecule has 12 heteroatoms. The Balaban J connectivity index is 1.29. The molecule has 1 aliphatic rings. The molecule has 1 aliphatic heterocycles. The maximum atomic E-state index is 12.8. The first-order valence-corrected chi connectivity index (χ1v) is 13.3. The zero-order valence-electron chi connectivity index (χ0n) is 23.9. The van der Waals surface area contributed by atoms with Crippen LogP contribution in [0.2, 0.25) is 0 Å². The summed E-state index contributed by atoms with van der Waals surface area (Å²) in [6.07, 6.45) is 1.51. The van der Waals surface area contributed by atoms with Crippen LogP contribution in [0, 0.1) is 6.92 Å². The second-order valence-corrected chi connectivity index (χ2v) is 9.82. The molecule has 216 valence electrons. The van der Waals surface area contributed by atoms with Gasteiger partial charge in [-0.05, 0) is 36.8 Å². The van der Waals surface area contributed by atoms with Gasteiger partial charge in [-0.2, -0.15) is 0 Å². The Morgan fingerprint density at radius 2 is 1.90 bits per heavy atom. The van der Waals surface area contributed by atoms with E-state index in [9.17, 15) is 9.59 Å². The molecule has 2 amide bonds. The van der Waals surface area contributed by atoms with Crippen molar-refractivity contribution in [2.45, 2.75) is 20.1 Å². The van der Waals surface area contributed by atoms with E-state index < -0.39 is 0 Å². The highest BCUT2D eigenvalue weighted by Gasteiger charge is 2.26. The number of methoxy groups -OCH3 is 1. The average molecular weight is 570 g/mol. The fourth-order valence-corrected chi connectivity index (χ4v) is 4.55. The summed E-state index contributed by atoms with van der Waals surface area (Å²) in [5.41, 5.74) is 5.33. The van der Waals surface area contributed by atoms with Gasteiger partial charge in [0.25, 0.3) is 5.91 Å². The fourth-order valence-electron chi connectivity index (χ4n) is 4.55. The second kappa shape index (κ2) is 12.7. The first-order chi connectivity index (χ1) is 20.4. The molecule has 0 atom stereocenters. The van der Waals surface area contributed by atoms with E-state index in [1.165, 1.54) is 11.1 Å². The van der Waals surface area contributed by atoms with Crippen molar-refractivity contribution in [1.29, 1.82) is 0 Å². The number of likely N-dealkylation sites (N-methyl/N-ethyl adjacent to an activating group) is 1. The topological polar surface area (TPSA) is 136 Å². The van der Waals surface area contributed by atoms with E-state index in [1.807, 2.05) is 37.3 Å². The summed E-state index contributed by atoms with van der Waals surface area (Å²) in [4.78, 5) is 36.8. The van der Waals surface area contributed by atoms with Gasteiger partial charge in [-0.15, -0.1) is 10.2 Å². The highest BCUT2D eigenvalue weighted by molar-refractivity contribution is 6.00. The summed E-state index contributed by atoms with van der Waals surface area (Å²) >= 11 is 0. The van der Waals surface area contributed by atoms with E-state index in [4.69, 9.17) is 14.0 Å². The maximum absolute atomic E-state index is 12.8. The highest BCUT2D eigenvalue weighted by Crippen LogP contribution is 2.27. The van der Waals surface area contributed by atoms with Gasteiger partial charge >= 0.3 is 0 Å². The van der Waals surface area contributed by atoms with Crippen molar-refractivity contribution in [1.82, 2.24) is 30.1 Å². The van der Waals surface area contributed by atoms with Gasteiger partial charge in [-0.1, -0.05) is 23.4 Å². The van der Waals surface area contributed by atoms with Crippen LogP contribution in [0.5, 0.6) is 0 Å². The third-order valence-electron chi connectivity index (χ3n) is 6.88. The minimum atomic E-state index is -0.220. The monoisotopic (exact) mass is 569 g/mol. The molecule has 0 unspecified atom stereocenters. The standard InChI is InChI=1S/C30H31N7O5/c1-19-13-25(33-34-28(19)26-14-22(18-40-4)42-35-26)23-7-5-6-8-24(23)29(31-2)41-17-21-10-9-20(15-32-21)30(39)37-12-11-36(3)27(38)16-37/h5-10,13-15H,11-12,16-18H2,1-4H3. The van der Waals surface area contributed by atoms with Gasteiger partial charge in [0.2, 0.25) is 11.8 Å². The van der Waals surface area contributed by atoms with Gasteiger partial charge in [-0.25, -0.2) is 0 Å². The molecule has 42 heavy (non-hydrogen) atoms. The Bertz CT molecular complexity index is 1620. The number of piperazine rings is 1. The average Bonchev–Trinajstić information content (AvgIpc) is 3.47. The first-order valence-electron chi connectivity index (χ1n) is 13.3. The normalized spacial score (nSPS) is 13.9. The number of aromatic nitrogens is 4. The molecule has 1 fully saturated rings. The molecule has 4 heterocycles. The highest BCUT2D eigenvalue weighted by atomic mass is 16.5. The van der Waals surface area contributed by atoms with Gasteiger partial charge in [0, 0.05) is 57.7 Å². The lowest BCUT2D eigenvalue weighted by molar-refractivity contribution is -0.133. The SMILES string of the molecule is CN=C(OCc1ccc(C(=O)N2CCN(C)C(=O)C2)cn1)c1ccccc1-c1cc(C)c(-c2cc(COC)on2)nn1. The van der Waals surface area contributed by atoms with Crippen molar-refractivity contribution in [2.24, 2.45) is 4.99 Å². The summed E-state index contributed by atoms with van der Waals surface area (Å²) in [6, 6.07) is 14.8. The number of aryl methyl sites for hydroxylation is 1. The number of aliphatic imine (C=N–C) groups is 1. The largest absolute Gasteiger partial charge is 0.471 e. The van der Waals surface area contributed by atoms with Crippen LogP contribution in [0.15, 0.2) is 64.2 Å². The molecular formula is C30H31N7O5. The molecule has 3 aromatic heterocycles. The Kier molecular flexibility index (Phi) is 8.63. The Morgan fingerprint density at radius 3 is 2.62 bits per heavy atom. The van der Waals surface area contributed by atoms with Crippen LogP contribution < -0.4 is 0 Å². The molecule has 0 radical (unpaired) electrons. The van der Waals surface area contributed by atoms with E-state index in [0.29, 0.717) is 59.7 Å². The first kappa shape index (κ1) is 28.6. The summed E-state index contributed by atoms with van der Waals surface area (Å²) in [5, 5.41) is 13.0. The van der Waals surface area contributed by atoms with Crippen LogP contribution in [-0.2, 0) is 27.5 Å². The lowest BCUT2D eigenvalue weighted by Gasteiger charge is -2.31. The molecule has 0 bridgehead atoms. The fraction of sp³-hybridized carbons (Fsp3) is 0.300. The number of ether oxygens (including phenoxy) is 2. The zero-order chi connectivity index (χ0) is 29.6. The third-order valence-corrected chi connectivity index (χ3v) is 6.88. The predicted molar refractivity (Wildman–Crippen MR) is 153 cm³/mol. The van der Waals surface area contributed by atoms with E-state index in [2.05, 4.69) is 25.3 Å². The number of hydrogen-bond donors (Lipinski definition) is 0. The Labute approximate surface area is 243 Å². The van der Waals surface area contributed by atoms with Gasteiger partial charge in [0.15, 0.2) is 5.76 Å². The number of benzene rings is 1. The summed E-state index contributed by atoms with van der Waals surface area (Å²) < 4.78 is 16.5. The summed E-state index contributed by atoms with van der Waals surface area (Å²) in [5.74, 6) is 0.712. The van der Waals surface area contributed by atoms with E-state index >= 15 is 0 Å². The Morgan fingerprint density at radius 1 is 1.07 bits per heavy atom. The van der Waals surface area contributed by atoms with E-state index in [1.54, 1.807) is 44.3 Å². The predicted octanol–water partition coefficient (Wildman–Crippen LogP) is 3.16. The van der Waals surface area contributed by atoms with Crippen LogP contribution in [-0.4, -0.2) is 88.7 Å². The molecule has 0 spiro atoms. The van der Waals surface area contributed by atoms with Crippen molar-refractivity contribution in [3.63, 3.8) is 0 Å². The van der Waals surface area contributed by atoms with Crippen LogP contribution >= 0.6 is 0 Å². The summed E-state index contributed by atoms with van der Waals surface area (Å²) in [6.45, 7) is 3.47. The zero-order valence-corrected chi connectivity index (χ0v) is 23.9. The van der Waals surface area contributed by atoms with E-state index in [-0.39, 0.29) is 25.0 Å². The number of nitrogens with zero attached hydrogens (tertiary/aromatic N) is 7. The van der Waals surface area contributed by atoms with Crippen molar-refractivity contribution < 1.29 is 23.6 Å². The van der Waals surface area contributed by atoms with Crippen molar-refractivity contribution >= 4 is 17.7 Å². The quantitative estimate of drug-likeness (QED) is 0.231. The molecule has 12 nitrogen and oxygen atoms in total. The number of amides is 2. The van der Waals surface area contributed by atoms with Crippen molar-refractivity contribution in [3.8, 4) is 22.6 Å². The van der Waals surface area contributed by atoms with Crippen LogP contribution in [0.3, 0.4) is 0 Å². The molecule has 0 N–H and O–H groups in total. The van der Waals surface area contributed by atoms with Gasteiger partial charge in [0.05, 0.1) is 17.0 Å². The number of carbonyl (C=O) groups excluding carboxylic acids is 2. The number of pyridine rings is 1. The second-order valence-electron chi connectivity index (χ2n) is 9.82. The van der Waals surface area contributed by atoms with E-state index in [0.717, 1.165) is 16.7 Å². The van der Waals surface area contributed by atoms with Gasteiger partial charge < -0.3 is 23.8 Å². The smallest absolute Gasteiger partial charge is 0.255 e.